The molecule has 1 aromatic carbocycles. The molecule has 2 atom stereocenters. The molecule has 2 aliphatic rings. The lowest BCUT2D eigenvalue weighted by Gasteiger charge is -2.21. The predicted molar refractivity (Wildman–Crippen MR) is 110 cm³/mol. The third-order valence-corrected chi connectivity index (χ3v) is 6.00. The van der Waals surface area contributed by atoms with Gasteiger partial charge in [0.2, 0.25) is 0 Å². The van der Waals surface area contributed by atoms with Gasteiger partial charge < -0.3 is 14.7 Å². The van der Waals surface area contributed by atoms with Gasteiger partial charge in [-0.25, -0.2) is 0 Å². The second-order valence-electron chi connectivity index (χ2n) is 8.27. The number of nitrogens with one attached hydrogen (secondary N) is 1. The van der Waals surface area contributed by atoms with Gasteiger partial charge in [-0.2, -0.15) is 0 Å². The quantitative estimate of drug-likeness (QED) is 0.812. The van der Waals surface area contributed by atoms with Crippen LogP contribution in [-0.2, 0) is 16.2 Å². The van der Waals surface area contributed by atoms with Crippen molar-refractivity contribution < 1.29 is 14.2 Å². The lowest BCUT2D eigenvalue weighted by molar-refractivity contribution is -0.115. The van der Waals surface area contributed by atoms with E-state index >= 15 is 0 Å². The molecular formula is C22H28N4O3. The fourth-order valence-electron chi connectivity index (χ4n) is 4.12. The number of amides is 1. The molecular weight excluding hydrogens is 368 g/mol. The van der Waals surface area contributed by atoms with Crippen LogP contribution in [0.3, 0.4) is 0 Å². The van der Waals surface area contributed by atoms with Gasteiger partial charge in [0.1, 0.15) is 11.5 Å². The SMILES string of the molecule is Cc1noc(C)c1CN1CCC2(CC(C(=O)NCC(C)c3ccccc3)=NO2)C1. The van der Waals surface area contributed by atoms with Crippen molar-refractivity contribution >= 4 is 11.6 Å². The second-order valence-corrected chi connectivity index (χ2v) is 8.27. The zero-order valence-electron chi connectivity index (χ0n) is 17.3. The molecule has 1 saturated heterocycles. The number of likely N-dealkylation sites (tertiary alicyclic amines) is 1. The van der Waals surface area contributed by atoms with E-state index < -0.39 is 5.60 Å². The third-order valence-electron chi connectivity index (χ3n) is 6.00. The molecule has 1 amide bonds. The maximum atomic E-state index is 12.6. The Balaban J connectivity index is 1.29. The summed E-state index contributed by atoms with van der Waals surface area (Å²) in [5, 5.41) is 11.2. The van der Waals surface area contributed by atoms with Crippen LogP contribution in [-0.4, -0.2) is 46.9 Å². The summed E-state index contributed by atoms with van der Waals surface area (Å²) in [5.41, 5.74) is 3.37. The monoisotopic (exact) mass is 396 g/mol. The van der Waals surface area contributed by atoms with E-state index in [9.17, 15) is 4.79 Å². The molecule has 7 heteroatoms. The van der Waals surface area contributed by atoms with E-state index in [-0.39, 0.29) is 11.8 Å². The highest BCUT2D eigenvalue weighted by Crippen LogP contribution is 2.35. The Kier molecular flexibility index (Phi) is 5.41. The molecule has 2 unspecified atom stereocenters. The lowest BCUT2D eigenvalue weighted by atomic mass is 9.96. The van der Waals surface area contributed by atoms with Crippen molar-refractivity contribution in [2.24, 2.45) is 5.16 Å². The number of oxime groups is 1. The largest absolute Gasteiger partial charge is 0.387 e. The molecule has 0 bridgehead atoms. The van der Waals surface area contributed by atoms with Crippen LogP contribution in [0.1, 0.15) is 48.3 Å². The van der Waals surface area contributed by atoms with Crippen molar-refractivity contribution in [3.8, 4) is 0 Å². The maximum absolute atomic E-state index is 12.6. The molecule has 154 valence electrons. The number of hydrogen-bond acceptors (Lipinski definition) is 6. The van der Waals surface area contributed by atoms with Crippen molar-refractivity contribution in [1.82, 2.24) is 15.4 Å². The Bertz CT molecular complexity index is 889. The topological polar surface area (TPSA) is 80.0 Å². The first kappa shape index (κ1) is 19.6. The molecule has 2 aromatic rings. The van der Waals surface area contributed by atoms with Crippen molar-refractivity contribution in [2.45, 2.75) is 51.7 Å². The minimum atomic E-state index is -0.392. The summed E-state index contributed by atoms with van der Waals surface area (Å²) in [6, 6.07) is 10.2. The summed E-state index contributed by atoms with van der Waals surface area (Å²) in [5.74, 6) is 0.975. The van der Waals surface area contributed by atoms with Crippen molar-refractivity contribution in [3.63, 3.8) is 0 Å². The van der Waals surface area contributed by atoms with Crippen LogP contribution in [0, 0.1) is 13.8 Å². The highest BCUT2D eigenvalue weighted by Gasteiger charge is 2.46. The minimum Gasteiger partial charge on any atom is -0.387 e. The first-order valence-electron chi connectivity index (χ1n) is 10.2. The van der Waals surface area contributed by atoms with E-state index in [1.54, 1.807) is 0 Å². The van der Waals surface area contributed by atoms with Gasteiger partial charge in [0.15, 0.2) is 5.60 Å². The lowest BCUT2D eigenvalue weighted by Crippen LogP contribution is -2.37. The first-order chi connectivity index (χ1) is 14.0. The van der Waals surface area contributed by atoms with Crippen LogP contribution in [0.15, 0.2) is 40.0 Å². The van der Waals surface area contributed by atoms with Crippen molar-refractivity contribution in [3.05, 3.63) is 52.9 Å². The number of carbonyl (C=O) groups is 1. The average molecular weight is 396 g/mol. The highest BCUT2D eigenvalue weighted by molar-refractivity contribution is 6.39. The van der Waals surface area contributed by atoms with Gasteiger partial charge in [-0.05, 0) is 25.3 Å². The summed E-state index contributed by atoms with van der Waals surface area (Å²) >= 11 is 0. The Labute approximate surface area is 171 Å². The summed E-state index contributed by atoms with van der Waals surface area (Å²) in [6.07, 6.45) is 1.41. The molecule has 1 fully saturated rings. The van der Waals surface area contributed by atoms with E-state index in [1.807, 2.05) is 32.0 Å². The third kappa shape index (κ3) is 4.19. The molecule has 1 spiro atoms. The standard InChI is InChI=1S/C22H28N4O3/c1-15(18-7-5-4-6-8-18)12-23-21(27)20-11-22(29-25-20)9-10-26(14-22)13-19-16(2)24-28-17(19)3/h4-8,15H,9-14H2,1-3H3,(H,23,27). The molecule has 1 N–H and O–H groups in total. The Morgan fingerprint density at radius 2 is 2.10 bits per heavy atom. The van der Waals surface area contributed by atoms with Crippen molar-refractivity contribution in [1.29, 1.82) is 0 Å². The van der Waals surface area contributed by atoms with Gasteiger partial charge in [-0.15, -0.1) is 0 Å². The molecule has 2 aliphatic heterocycles. The summed E-state index contributed by atoms with van der Waals surface area (Å²) in [4.78, 5) is 20.7. The molecule has 3 heterocycles. The smallest absolute Gasteiger partial charge is 0.269 e. The summed E-state index contributed by atoms with van der Waals surface area (Å²) < 4.78 is 5.27. The number of aryl methyl sites for hydroxylation is 2. The number of hydrogen-bond donors (Lipinski definition) is 1. The minimum absolute atomic E-state index is 0.131. The number of nitrogens with zero attached hydrogens (tertiary/aromatic N) is 3. The van der Waals surface area contributed by atoms with E-state index in [1.165, 1.54) is 5.56 Å². The molecule has 0 saturated carbocycles. The number of benzene rings is 1. The molecule has 4 rings (SSSR count). The van der Waals surface area contributed by atoms with Crippen LogP contribution in [0.5, 0.6) is 0 Å². The van der Waals surface area contributed by atoms with Gasteiger partial charge in [0.25, 0.3) is 5.91 Å². The normalized spacial score (nSPS) is 22.5. The van der Waals surface area contributed by atoms with E-state index in [2.05, 4.69) is 39.6 Å². The Morgan fingerprint density at radius 3 is 2.83 bits per heavy atom. The van der Waals surface area contributed by atoms with Crippen LogP contribution >= 0.6 is 0 Å². The van der Waals surface area contributed by atoms with Crippen LogP contribution in [0.4, 0.5) is 0 Å². The van der Waals surface area contributed by atoms with Crippen LogP contribution < -0.4 is 5.32 Å². The Hall–Kier alpha value is -2.67. The fourth-order valence-corrected chi connectivity index (χ4v) is 4.12. The van der Waals surface area contributed by atoms with E-state index in [4.69, 9.17) is 9.36 Å². The molecule has 0 aliphatic carbocycles. The maximum Gasteiger partial charge on any atom is 0.269 e. The highest BCUT2D eigenvalue weighted by atomic mass is 16.7. The zero-order valence-corrected chi connectivity index (χ0v) is 17.3. The van der Waals surface area contributed by atoms with E-state index in [0.717, 1.165) is 43.1 Å². The van der Waals surface area contributed by atoms with Gasteiger partial charge in [0.05, 0.1) is 5.69 Å². The number of rotatable bonds is 6. The van der Waals surface area contributed by atoms with Crippen LogP contribution in [0.2, 0.25) is 0 Å². The second kappa shape index (κ2) is 7.99. The molecule has 7 nitrogen and oxygen atoms in total. The van der Waals surface area contributed by atoms with Gasteiger partial charge in [0, 0.05) is 44.6 Å². The van der Waals surface area contributed by atoms with E-state index in [0.29, 0.717) is 18.7 Å². The number of carbonyl (C=O) groups excluding carboxylic acids is 1. The van der Waals surface area contributed by atoms with Crippen LogP contribution in [0.25, 0.3) is 0 Å². The molecule has 1 aromatic heterocycles. The summed E-state index contributed by atoms with van der Waals surface area (Å²) in [7, 11) is 0. The fraction of sp³-hybridized carbons (Fsp3) is 0.500. The van der Waals surface area contributed by atoms with Gasteiger partial charge in [-0.1, -0.05) is 47.6 Å². The zero-order chi connectivity index (χ0) is 20.4. The Morgan fingerprint density at radius 1 is 1.31 bits per heavy atom. The van der Waals surface area contributed by atoms with Crippen molar-refractivity contribution in [2.75, 3.05) is 19.6 Å². The molecule has 29 heavy (non-hydrogen) atoms. The first-order valence-corrected chi connectivity index (χ1v) is 10.2. The molecule has 0 radical (unpaired) electrons. The average Bonchev–Trinajstić information content (AvgIpc) is 3.43. The number of aromatic nitrogens is 1. The summed E-state index contributed by atoms with van der Waals surface area (Å²) in [6.45, 7) is 9.02. The van der Waals surface area contributed by atoms with Gasteiger partial charge >= 0.3 is 0 Å². The predicted octanol–water partition coefficient (Wildman–Crippen LogP) is 2.93. The van der Waals surface area contributed by atoms with Gasteiger partial charge in [-0.3, -0.25) is 9.69 Å².